The van der Waals surface area contributed by atoms with Gasteiger partial charge in [-0.15, -0.1) is 0 Å². The molecule has 3 saturated heterocycles. The average Bonchev–Trinajstić information content (AvgIpc) is 3.43. The van der Waals surface area contributed by atoms with Crippen molar-refractivity contribution >= 4 is 50.9 Å². The fourth-order valence-corrected chi connectivity index (χ4v) is 9.20. The van der Waals surface area contributed by atoms with Gasteiger partial charge in [0, 0.05) is 76.9 Å². The van der Waals surface area contributed by atoms with Gasteiger partial charge in [0.1, 0.15) is 29.1 Å². The number of fused-ring (bicyclic) bond motifs is 4. The number of aryl methyl sites for hydroxylation is 2. The molecule has 262 valence electrons. The zero-order valence-corrected chi connectivity index (χ0v) is 29.9. The number of pyridine rings is 2. The van der Waals surface area contributed by atoms with E-state index in [0.717, 1.165) is 42.4 Å². The lowest BCUT2D eigenvalue weighted by Gasteiger charge is -2.39. The molecule has 52 heavy (non-hydrogen) atoms. The highest BCUT2D eigenvalue weighted by molar-refractivity contribution is 6.43. The smallest absolute Gasteiger partial charge is 0.226 e. The quantitative estimate of drug-likeness (QED) is 0.172. The van der Waals surface area contributed by atoms with Crippen molar-refractivity contribution in [3.63, 3.8) is 0 Å². The van der Waals surface area contributed by atoms with E-state index in [-0.39, 0.29) is 58.7 Å². The van der Waals surface area contributed by atoms with Gasteiger partial charge >= 0.3 is 0 Å². The predicted octanol–water partition coefficient (Wildman–Crippen LogP) is 8.00. The van der Waals surface area contributed by atoms with Crippen molar-refractivity contribution < 1.29 is 13.9 Å². The monoisotopic (exact) mass is 733 g/mol. The van der Waals surface area contributed by atoms with Crippen molar-refractivity contribution in [3.8, 4) is 29.0 Å². The highest BCUT2D eigenvalue weighted by atomic mass is 35.5. The second-order valence-electron chi connectivity index (χ2n) is 14.5. The first-order valence-electron chi connectivity index (χ1n) is 17.8. The van der Waals surface area contributed by atoms with Crippen LogP contribution < -0.4 is 10.1 Å². The van der Waals surface area contributed by atoms with Crippen LogP contribution in [0.4, 0.5) is 4.39 Å². The first-order valence-corrected chi connectivity index (χ1v) is 18.6. The van der Waals surface area contributed by atoms with Crippen LogP contribution in [0, 0.1) is 47.2 Å². The SMILES string of the molecule is Cc1nc2c(F)c(-c3cccc(Cl)c3Cl)c(CCC#N)cc2c2c1cc([C@H]1C[C@H](Oc3ccnc(C#N)c3)CN1C(=O)C1CC1)n2[C@H]1C2CNC1C2. The molecule has 9 nitrogen and oxygen atoms in total. The molecule has 2 aromatic carbocycles. The van der Waals surface area contributed by atoms with E-state index in [1.54, 1.807) is 36.5 Å². The Balaban J connectivity index is 1.25. The summed E-state index contributed by atoms with van der Waals surface area (Å²) in [4.78, 5) is 24.9. The highest BCUT2D eigenvalue weighted by Gasteiger charge is 2.51. The van der Waals surface area contributed by atoms with Gasteiger partial charge in [-0.3, -0.25) is 4.79 Å². The third-order valence-corrected chi connectivity index (χ3v) is 12.2. The summed E-state index contributed by atoms with van der Waals surface area (Å²) in [5, 5.41) is 24.8. The summed E-state index contributed by atoms with van der Waals surface area (Å²) in [6, 6.07) is 17.0. The second kappa shape index (κ2) is 12.7. The molecule has 1 amide bonds. The Bertz CT molecular complexity index is 2380. The number of ether oxygens (including phenoxy) is 1. The first kappa shape index (κ1) is 33.1. The average molecular weight is 735 g/mol. The summed E-state index contributed by atoms with van der Waals surface area (Å²) in [6.07, 6.45) is 5.11. The van der Waals surface area contributed by atoms with E-state index in [0.29, 0.717) is 63.8 Å². The maximum Gasteiger partial charge on any atom is 0.226 e. The van der Waals surface area contributed by atoms with Crippen LogP contribution in [0.15, 0.2) is 48.7 Å². The van der Waals surface area contributed by atoms with Crippen LogP contribution in [0.25, 0.3) is 32.9 Å². The molecule has 0 spiro atoms. The molecule has 2 unspecified atom stereocenters. The van der Waals surface area contributed by atoms with E-state index >= 15 is 4.39 Å². The largest absolute Gasteiger partial charge is 0.488 e. The number of amides is 1. The van der Waals surface area contributed by atoms with Crippen molar-refractivity contribution in [1.82, 2.24) is 24.8 Å². The molecule has 10 rings (SSSR count). The fourth-order valence-electron chi connectivity index (χ4n) is 8.81. The molecule has 12 heteroatoms. The van der Waals surface area contributed by atoms with E-state index in [9.17, 15) is 15.3 Å². The number of carbonyl (C=O) groups is 1. The molecule has 3 aromatic heterocycles. The number of nitrogens with one attached hydrogen (secondary N) is 1. The molecular weight excluding hydrogens is 700 g/mol. The number of aromatic nitrogens is 3. The van der Waals surface area contributed by atoms with Crippen LogP contribution in [0.2, 0.25) is 10.0 Å². The number of carbonyl (C=O) groups excluding carboxylic acids is 1. The Hall–Kier alpha value is -4.74. The molecule has 5 aliphatic rings. The van der Waals surface area contributed by atoms with Gasteiger partial charge in [0.25, 0.3) is 0 Å². The second-order valence-corrected chi connectivity index (χ2v) is 15.3. The van der Waals surface area contributed by atoms with Crippen LogP contribution in [0.1, 0.15) is 66.8 Å². The van der Waals surface area contributed by atoms with Crippen molar-refractivity contribution in [2.24, 2.45) is 11.8 Å². The maximum atomic E-state index is 17.2. The summed E-state index contributed by atoms with van der Waals surface area (Å²) in [7, 11) is 0. The number of hydrogen-bond donors (Lipinski definition) is 1. The van der Waals surface area contributed by atoms with E-state index in [1.807, 2.05) is 17.9 Å². The molecule has 5 fully saturated rings. The molecule has 6 heterocycles. The number of hydrogen-bond acceptors (Lipinski definition) is 7. The summed E-state index contributed by atoms with van der Waals surface area (Å²) in [5.41, 5.74) is 4.47. The van der Waals surface area contributed by atoms with Gasteiger partial charge in [0.15, 0.2) is 5.82 Å². The Morgan fingerprint density at radius 1 is 1.13 bits per heavy atom. The minimum Gasteiger partial charge on any atom is -0.488 e. The Morgan fingerprint density at radius 2 is 1.98 bits per heavy atom. The number of nitrogens with zero attached hydrogens (tertiary/aromatic N) is 6. The van der Waals surface area contributed by atoms with E-state index < -0.39 is 5.82 Å². The molecule has 2 bridgehead atoms. The van der Waals surface area contributed by atoms with E-state index in [4.69, 9.17) is 32.9 Å². The molecule has 2 saturated carbocycles. The maximum absolute atomic E-state index is 17.2. The highest BCUT2D eigenvalue weighted by Crippen LogP contribution is 2.51. The van der Waals surface area contributed by atoms with Gasteiger partial charge in [0.05, 0.1) is 40.3 Å². The topological polar surface area (TPSA) is 120 Å². The standard InChI is InChI=1S/C40H34Cl2FN7O2/c1-20-28-16-33(32-15-26(19-49(32)40(51)21-7-8-21)52-25-9-11-46-24(14-25)17-45)50(38-23-13-31(38)47-18-23)39(28)29-12-22(4-3-10-44)34(36(43)37(29)48-20)27-5-2-6-30(41)35(27)42/h2,5-6,9,11-12,14,16,21,23,26,31-32,38,47H,3-4,7-8,13,15,18-19H2,1H3/t23?,26-,31?,32+,38-/m0/s1. The Morgan fingerprint density at radius 3 is 2.71 bits per heavy atom. The lowest BCUT2D eigenvalue weighted by molar-refractivity contribution is -0.133. The minimum absolute atomic E-state index is 0.00417. The lowest BCUT2D eigenvalue weighted by atomic mass is 9.79. The van der Waals surface area contributed by atoms with Crippen LogP contribution >= 0.6 is 23.2 Å². The summed E-state index contributed by atoms with van der Waals surface area (Å²) in [5.74, 6) is 0.558. The van der Waals surface area contributed by atoms with Crippen molar-refractivity contribution in [1.29, 1.82) is 10.5 Å². The van der Waals surface area contributed by atoms with Crippen LogP contribution in [0.3, 0.4) is 0 Å². The normalized spacial score (nSPS) is 23.5. The van der Waals surface area contributed by atoms with Crippen LogP contribution in [-0.2, 0) is 11.2 Å². The zero-order valence-electron chi connectivity index (χ0n) is 28.4. The molecule has 1 N–H and O–H groups in total. The molecule has 0 radical (unpaired) electrons. The first-order chi connectivity index (χ1) is 25.2. The van der Waals surface area contributed by atoms with Crippen molar-refractivity contribution in [2.45, 2.75) is 69.7 Å². The molecular formula is C40H34Cl2FN7O2. The molecule has 3 aliphatic heterocycles. The lowest BCUT2D eigenvalue weighted by Crippen LogP contribution is -2.41. The fraction of sp³-hybridized carbons (Fsp3) is 0.375. The number of benzene rings is 2. The van der Waals surface area contributed by atoms with E-state index in [1.165, 1.54) is 0 Å². The number of nitriles is 2. The Kier molecular flexibility index (Phi) is 8.11. The van der Waals surface area contributed by atoms with E-state index in [2.05, 4.69) is 33.1 Å². The van der Waals surface area contributed by atoms with Gasteiger partial charge in [-0.1, -0.05) is 35.3 Å². The number of rotatable bonds is 8. The number of likely N-dealkylation sites (tertiary alicyclic amines) is 1. The molecule has 2 aliphatic carbocycles. The summed E-state index contributed by atoms with van der Waals surface area (Å²) in [6.45, 7) is 3.21. The van der Waals surface area contributed by atoms with Gasteiger partial charge in [-0.05, 0) is 68.4 Å². The third-order valence-electron chi connectivity index (χ3n) is 11.4. The zero-order chi connectivity index (χ0) is 35.8. The predicted molar refractivity (Wildman–Crippen MR) is 195 cm³/mol. The molecule has 5 atom stereocenters. The van der Waals surface area contributed by atoms with Gasteiger partial charge < -0.3 is 19.5 Å². The number of halogens is 3. The van der Waals surface area contributed by atoms with Gasteiger partial charge in [-0.25, -0.2) is 14.4 Å². The van der Waals surface area contributed by atoms with Crippen LogP contribution in [-0.4, -0.2) is 50.6 Å². The van der Waals surface area contributed by atoms with Crippen molar-refractivity contribution in [2.75, 3.05) is 13.1 Å². The summed E-state index contributed by atoms with van der Waals surface area (Å²) >= 11 is 13.1. The molecule has 5 aromatic rings. The van der Waals surface area contributed by atoms with Gasteiger partial charge in [0.2, 0.25) is 5.91 Å². The van der Waals surface area contributed by atoms with Crippen molar-refractivity contribution in [3.05, 3.63) is 87.2 Å². The van der Waals surface area contributed by atoms with Crippen LogP contribution in [0.5, 0.6) is 5.75 Å². The van der Waals surface area contributed by atoms with Gasteiger partial charge in [-0.2, -0.15) is 10.5 Å². The third kappa shape index (κ3) is 5.31. The Labute approximate surface area is 309 Å². The minimum atomic E-state index is -0.502. The summed E-state index contributed by atoms with van der Waals surface area (Å²) < 4.78 is 26.0.